The van der Waals surface area contributed by atoms with Crippen LogP contribution in [0.5, 0.6) is 0 Å². The van der Waals surface area contributed by atoms with E-state index in [9.17, 15) is 0 Å². The van der Waals surface area contributed by atoms with Crippen LogP contribution in [0.3, 0.4) is 0 Å². The number of hydrogen-bond donors (Lipinski definition) is 0. The van der Waals surface area contributed by atoms with Gasteiger partial charge in [0.2, 0.25) is 0 Å². The number of amidine groups is 1. The third kappa shape index (κ3) is 5.68. The maximum Gasteiger partial charge on any atom is 0.160 e. The molecule has 0 N–H and O–H groups in total. The third-order valence-electron chi connectivity index (χ3n) is 13.2. The molecule has 2 aromatic heterocycles. The molecule has 4 nitrogen and oxygen atoms in total. The van der Waals surface area contributed by atoms with Crippen LogP contribution in [0.1, 0.15) is 30.0 Å². The zero-order valence-electron chi connectivity index (χ0n) is 34.6. The molecule has 0 radical (unpaired) electrons. The number of aliphatic imine (C=N–C) groups is 2. The van der Waals surface area contributed by atoms with Gasteiger partial charge in [-0.05, 0) is 85.9 Å². The number of furan rings is 1. The molecule has 10 aromatic carbocycles. The first-order valence-corrected chi connectivity index (χ1v) is 21.8. The van der Waals surface area contributed by atoms with Crippen molar-refractivity contribution in [1.82, 2.24) is 4.57 Å². The van der Waals surface area contributed by atoms with Gasteiger partial charge in [0.15, 0.2) is 5.84 Å². The molecule has 1 atom stereocenters. The van der Waals surface area contributed by atoms with Crippen LogP contribution in [-0.4, -0.2) is 16.1 Å². The van der Waals surface area contributed by atoms with Crippen molar-refractivity contribution in [3.8, 4) is 5.69 Å². The van der Waals surface area contributed by atoms with Crippen LogP contribution in [-0.2, 0) is 0 Å². The fraction of sp³-hybridized carbons (Fsp3) is 0.0508. The molecule has 0 amide bonds. The van der Waals surface area contributed by atoms with Crippen LogP contribution >= 0.6 is 0 Å². The minimum Gasteiger partial charge on any atom is -0.456 e. The van der Waals surface area contributed by atoms with Crippen LogP contribution in [0.15, 0.2) is 215 Å². The number of fused-ring (bicyclic) bond motifs is 10. The third-order valence-corrected chi connectivity index (χ3v) is 13.2. The highest BCUT2D eigenvalue weighted by Crippen LogP contribution is 2.41. The Morgan fingerprint density at radius 3 is 1.62 bits per heavy atom. The number of allylic oxidation sites excluding steroid dienone is 1. The summed E-state index contributed by atoms with van der Waals surface area (Å²) in [7, 11) is 0. The first kappa shape index (κ1) is 35.7. The molecule has 4 heteroatoms. The number of benzene rings is 10. The molecule has 0 saturated heterocycles. The minimum atomic E-state index is 0.0219. The first-order valence-electron chi connectivity index (χ1n) is 21.8. The van der Waals surface area contributed by atoms with Crippen molar-refractivity contribution in [3.05, 3.63) is 217 Å². The second-order valence-corrected chi connectivity index (χ2v) is 16.9. The van der Waals surface area contributed by atoms with Gasteiger partial charge in [-0.15, -0.1) is 0 Å². The predicted molar refractivity (Wildman–Crippen MR) is 266 cm³/mol. The Morgan fingerprint density at radius 2 is 0.968 bits per heavy atom. The van der Waals surface area contributed by atoms with Gasteiger partial charge in [0.05, 0.1) is 28.1 Å². The lowest BCUT2D eigenvalue weighted by Crippen LogP contribution is -2.18. The highest BCUT2D eigenvalue weighted by Gasteiger charge is 2.26. The molecule has 0 aliphatic carbocycles. The summed E-state index contributed by atoms with van der Waals surface area (Å²) in [5, 5.41) is 14.0. The van der Waals surface area contributed by atoms with Gasteiger partial charge in [-0.25, -0.2) is 9.98 Å². The maximum absolute atomic E-state index is 6.85. The van der Waals surface area contributed by atoms with Gasteiger partial charge >= 0.3 is 0 Å². The molecule has 3 heterocycles. The summed E-state index contributed by atoms with van der Waals surface area (Å²) in [5.41, 5.74) is 10.1. The van der Waals surface area contributed by atoms with Gasteiger partial charge in [-0.2, -0.15) is 0 Å². The van der Waals surface area contributed by atoms with Crippen molar-refractivity contribution < 1.29 is 4.42 Å². The van der Waals surface area contributed by atoms with Gasteiger partial charge in [-0.3, -0.25) is 0 Å². The van der Waals surface area contributed by atoms with Crippen molar-refractivity contribution in [2.45, 2.75) is 13.3 Å². The number of rotatable bonds is 4. The SMILES string of the molecule is CC1C/C=C(c2cccc3ccccc23)/N=C(c2cccc3ccccc23)\N=C/1c1cc(-n2c3cc4ccccc4cc3c3cc4ccccc4cc32)cc2oc3ccccc3c12. The lowest BCUT2D eigenvalue weighted by atomic mass is 9.90. The summed E-state index contributed by atoms with van der Waals surface area (Å²) in [5.74, 6) is 0.710. The zero-order chi connectivity index (χ0) is 41.6. The maximum atomic E-state index is 6.85. The van der Waals surface area contributed by atoms with Crippen molar-refractivity contribution in [2.75, 3.05) is 0 Å². The second-order valence-electron chi connectivity index (χ2n) is 16.9. The van der Waals surface area contributed by atoms with Gasteiger partial charge in [-0.1, -0.05) is 165 Å². The molecular weight excluding hydrogens is 767 g/mol. The molecule has 0 spiro atoms. The lowest BCUT2D eigenvalue weighted by molar-refractivity contribution is 0.668. The molecule has 0 bridgehead atoms. The first-order chi connectivity index (χ1) is 31.1. The summed E-state index contributed by atoms with van der Waals surface area (Å²) < 4.78 is 9.29. The van der Waals surface area contributed by atoms with Crippen molar-refractivity contribution in [3.63, 3.8) is 0 Å². The van der Waals surface area contributed by atoms with E-state index in [2.05, 4.69) is 212 Å². The Hall–Kier alpha value is -8.08. The molecule has 1 aliphatic heterocycles. The summed E-state index contributed by atoms with van der Waals surface area (Å²) in [6, 6.07) is 69.8. The van der Waals surface area contributed by atoms with Crippen LogP contribution in [0, 0.1) is 5.92 Å². The number of nitrogens with zero attached hydrogens (tertiary/aromatic N) is 3. The Balaban J connectivity index is 1.12. The summed E-state index contributed by atoms with van der Waals surface area (Å²) >= 11 is 0. The summed E-state index contributed by atoms with van der Waals surface area (Å²) in [6.45, 7) is 2.31. The Kier molecular flexibility index (Phi) is 7.91. The van der Waals surface area contributed by atoms with E-state index in [1.165, 1.54) is 43.1 Å². The minimum absolute atomic E-state index is 0.0219. The van der Waals surface area contributed by atoms with Gasteiger partial charge in [0.25, 0.3) is 0 Å². The van der Waals surface area contributed by atoms with Crippen LogP contribution in [0.4, 0.5) is 0 Å². The molecule has 12 aromatic rings. The predicted octanol–water partition coefficient (Wildman–Crippen LogP) is 15.6. The molecule has 0 fully saturated rings. The molecule has 13 rings (SSSR count). The van der Waals surface area contributed by atoms with E-state index >= 15 is 0 Å². The van der Waals surface area contributed by atoms with Crippen molar-refractivity contribution in [1.29, 1.82) is 0 Å². The Bertz CT molecular complexity index is 3870. The second kappa shape index (κ2) is 14.0. The van der Waals surface area contributed by atoms with Gasteiger partial charge in [0.1, 0.15) is 11.2 Å². The topological polar surface area (TPSA) is 42.8 Å². The van der Waals surface area contributed by atoms with Crippen LogP contribution < -0.4 is 0 Å². The normalized spacial score (nSPS) is 17.3. The van der Waals surface area contributed by atoms with Crippen molar-refractivity contribution >= 4 is 104 Å². The van der Waals surface area contributed by atoms with E-state index in [0.29, 0.717) is 5.84 Å². The van der Waals surface area contributed by atoms with E-state index in [0.717, 1.165) is 84.0 Å². The quantitative estimate of drug-likeness (QED) is 0.175. The summed E-state index contributed by atoms with van der Waals surface area (Å²) in [4.78, 5) is 11.4. The van der Waals surface area contributed by atoms with Gasteiger partial charge < -0.3 is 8.98 Å². The summed E-state index contributed by atoms with van der Waals surface area (Å²) in [6.07, 6.45) is 3.07. The standard InChI is InChI=1S/C59H39N3O/c1-36-28-29-52(46-25-12-20-37-14-6-8-22-44(37)46)60-59(47-26-13-21-38-15-7-9-23-45(38)47)61-58(36)51-34-43(35-56-57(51)48-24-10-11-27-55(48)63-56)62-53-32-41-18-4-2-16-39(41)30-49(53)50-31-40-17-3-5-19-42(40)33-54(50)62/h2-27,29-36H,28H2,1H3/b52-29+,60-59-,61-58+. The highest BCUT2D eigenvalue weighted by molar-refractivity contribution is 6.25. The number of hydrogen-bond acceptors (Lipinski definition) is 3. The molecule has 1 unspecified atom stereocenters. The van der Waals surface area contributed by atoms with Gasteiger partial charge in [0, 0.05) is 50.2 Å². The smallest absolute Gasteiger partial charge is 0.160 e. The Morgan fingerprint density at radius 1 is 0.444 bits per heavy atom. The van der Waals surface area contributed by atoms with Crippen molar-refractivity contribution in [2.24, 2.45) is 15.9 Å². The average Bonchev–Trinajstić information content (AvgIpc) is 3.85. The van der Waals surface area contributed by atoms with E-state index in [1.54, 1.807) is 0 Å². The van der Waals surface area contributed by atoms with E-state index in [-0.39, 0.29) is 5.92 Å². The van der Waals surface area contributed by atoms with Crippen LogP contribution in [0.2, 0.25) is 0 Å². The molecule has 296 valence electrons. The fourth-order valence-corrected chi connectivity index (χ4v) is 10.1. The highest BCUT2D eigenvalue weighted by atomic mass is 16.3. The average molecular weight is 806 g/mol. The molecule has 63 heavy (non-hydrogen) atoms. The van der Waals surface area contributed by atoms with E-state index in [4.69, 9.17) is 14.4 Å². The molecule has 0 saturated carbocycles. The monoisotopic (exact) mass is 805 g/mol. The van der Waals surface area contributed by atoms with E-state index < -0.39 is 0 Å². The zero-order valence-corrected chi connectivity index (χ0v) is 34.6. The van der Waals surface area contributed by atoms with Crippen LogP contribution in [0.25, 0.3) is 98.2 Å². The number of aromatic nitrogens is 1. The molecule has 1 aliphatic rings. The fourth-order valence-electron chi connectivity index (χ4n) is 10.1. The van der Waals surface area contributed by atoms with E-state index in [1.807, 2.05) is 0 Å². The lowest BCUT2D eigenvalue weighted by Gasteiger charge is -2.21. The Labute approximate surface area is 363 Å². The molecular formula is C59H39N3O. The largest absolute Gasteiger partial charge is 0.456 e. The number of para-hydroxylation sites is 1.